The zero-order valence-electron chi connectivity index (χ0n) is 17.2. The first-order valence-electron chi connectivity index (χ1n) is 9.91. The molecule has 1 heterocycles. The van der Waals surface area contributed by atoms with Crippen LogP contribution in [0.1, 0.15) is 38.2 Å². The Kier molecular flexibility index (Phi) is 6.45. The van der Waals surface area contributed by atoms with Crippen molar-refractivity contribution in [1.29, 1.82) is 0 Å². The molecule has 0 aliphatic carbocycles. The summed E-state index contributed by atoms with van der Waals surface area (Å²) in [6, 6.07) is 13.8. The van der Waals surface area contributed by atoms with Crippen LogP contribution in [0.5, 0.6) is 11.5 Å². The lowest BCUT2D eigenvalue weighted by atomic mass is 9.87. The van der Waals surface area contributed by atoms with Gasteiger partial charge in [0.15, 0.2) is 11.5 Å². The molecule has 1 atom stereocenters. The Morgan fingerprint density at radius 2 is 1.61 bits per heavy atom. The van der Waals surface area contributed by atoms with E-state index in [2.05, 4.69) is 36.2 Å². The molecule has 0 saturated carbocycles. The molecule has 1 aliphatic heterocycles. The number of hydrogen-bond donors (Lipinski definition) is 1. The summed E-state index contributed by atoms with van der Waals surface area (Å²) < 4.78 is 10.7. The van der Waals surface area contributed by atoms with Crippen molar-refractivity contribution in [3.63, 3.8) is 0 Å². The van der Waals surface area contributed by atoms with Crippen molar-refractivity contribution < 1.29 is 14.3 Å². The van der Waals surface area contributed by atoms with E-state index in [1.165, 1.54) is 18.5 Å². The predicted octanol–water partition coefficient (Wildman–Crippen LogP) is 4.68. The van der Waals surface area contributed by atoms with Crippen LogP contribution in [0.15, 0.2) is 42.5 Å². The van der Waals surface area contributed by atoms with Crippen LogP contribution in [0, 0.1) is 5.92 Å². The maximum Gasteiger partial charge on any atom is 0.232 e. The van der Waals surface area contributed by atoms with Crippen molar-refractivity contribution in [3.8, 4) is 11.5 Å². The van der Waals surface area contributed by atoms with Crippen LogP contribution >= 0.6 is 0 Å². The van der Waals surface area contributed by atoms with Gasteiger partial charge in [0.2, 0.25) is 5.91 Å². The second-order valence-electron chi connectivity index (χ2n) is 7.57. The number of amides is 1. The van der Waals surface area contributed by atoms with E-state index in [-0.39, 0.29) is 17.7 Å². The van der Waals surface area contributed by atoms with Crippen LogP contribution in [0.2, 0.25) is 0 Å². The molecule has 28 heavy (non-hydrogen) atoms. The molecule has 5 heteroatoms. The molecule has 5 nitrogen and oxygen atoms in total. The zero-order valence-corrected chi connectivity index (χ0v) is 17.2. The smallest absolute Gasteiger partial charge is 0.232 e. The van der Waals surface area contributed by atoms with Gasteiger partial charge >= 0.3 is 0 Å². The van der Waals surface area contributed by atoms with Crippen LogP contribution in [0.3, 0.4) is 0 Å². The van der Waals surface area contributed by atoms with E-state index in [1.807, 2.05) is 30.3 Å². The van der Waals surface area contributed by atoms with Crippen molar-refractivity contribution >= 4 is 17.3 Å². The van der Waals surface area contributed by atoms with E-state index in [1.54, 1.807) is 14.2 Å². The third-order valence-electron chi connectivity index (χ3n) is 5.32. The van der Waals surface area contributed by atoms with Crippen LogP contribution in [-0.4, -0.2) is 33.2 Å². The average Bonchev–Trinajstić information content (AvgIpc) is 3.23. The number of carbonyl (C=O) groups is 1. The number of ether oxygens (including phenoxy) is 2. The quantitative estimate of drug-likeness (QED) is 0.755. The first-order chi connectivity index (χ1) is 13.5. The Labute approximate surface area is 167 Å². The molecule has 3 rings (SSSR count). The Morgan fingerprint density at radius 3 is 2.18 bits per heavy atom. The van der Waals surface area contributed by atoms with Gasteiger partial charge in [0.1, 0.15) is 0 Å². The maximum absolute atomic E-state index is 13.1. The molecule has 1 unspecified atom stereocenters. The monoisotopic (exact) mass is 382 g/mol. The van der Waals surface area contributed by atoms with E-state index >= 15 is 0 Å². The highest BCUT2D eigenvalue weighted by Crippen LogP contribution is 2.34. The van der Waals surface area contributed by atoms with Gasteiger partial charge < -0.3 is 19.7 Å². The van der Waals surface area contributed by atoms with Gasteiger partial charge in [-0.3, -0.25) is 4.79 Å². The second kappa shape index (κ2) is 9.00. The number of nitrogens with zero attached hydrogens (tertiary/aromatic N) is 1. The number of anilines is 2. The summed E-state index contributed by atoms with van der Waals surface area (Å²) in [5, 5.41) is 3.08. The Morgan fingerprint density at radius 1 is 0.964 bits per heavy atom. The molecule has 2 aromatic rings. The third-order valence-corrected chi connectivity index (χ3v) is 5.32. The van der Waals surface area contributed by atoms with Crippen molar-refractivity contribution in [2.24, 2.45) is 5.92 Å². The largest absolute Gasteiger partial charge is 0.493 e. The molecule has 1 N–H and O–H groups in total. The molecule has 1 aliphatic rings. The molecule has 2 aromatic carbocycles. The fourth-order valence-corrected chi connectivity index (χ4v) is 3.84. The molecular weight excluding hydrogens is 352 g/mol. The lowest BCUT2D eigenvalue weighted by molar-refractivity contribution is -0.118. The number of carbonyl (C=O) groups excluding carboxylic acids is 1. The van der Waals surface area contributed by atoms with E-state index < -0.39 is 0 Å². The molecule has 1 amide bonds. The summed E-state index contributed by atoms with van der Waals surface area (Å²) in [5.74, 6) is 1.14. The minimum absolute atomic E-state index is 0.0175. The van der Waals surface area contributed by atoms with E-state index in [9.17, 15) is 4.79 Å². The summed E-state index contributed by atoms with van der Waals surface area (Å²) in [5.41, 5.74) is 2.95. The summed E-state index contributed by atoms with van der Waals surface area (Å²) in [6.07, 6.45) is 2.50. The standard InChI is InChI=1S/C23H30N2O3/c1-16(2)22(17-7-12-20(27-3)21(15-17)28-4)23(26)24-18-8-10-19(11-9-18)25-13-5-6-14-25/h7-12,15-16,22H,5-6,13-14H2,1-4H3,(H,24,26). The van der Waals surface area contributed by atoms with Gasteiger partial charge in [0.25, 0.3) is 0 Å². The van der Waals surface area contributed by atoms with Crippen molar-refractivity contribution in [2.75, 3.05) is 37.5 Å². The normalized spacial score (nSPS) is 14.8. The van der Waals surface area contributed by atoms with Gasteiger partial charge in [0, 0.05) is 24.5 Å². The fraction of sp³-hybridized carbons (Fsp3) is 0.435. The van der Waals surface area contributed by atoms with Gasteiger partial charge in [-0.05, 0) is 60.7 Å². The lowest BCUT2D eigenvalue weighted by Gasteiger charge is -2.22. The summed E-state index contributed by atoms with van der Waals surface area (Å²) in [4.78, 5) is 15.4. The predicted molar refractivity (Wildman–Crippen MR) is 114 cm³/mol. The molecule has 0 spiro atoms. The van der Waals surface area contributed by atoms with Crippen molar-refractivity contribution in [2.45, 2.75) is 32.6 Å². The SMILES string of the molecule is COc1ccc(C(C(=O)Nc2ccc(N3CCCC3)cc2)C(C)C)cc1OC. The number of benzene rings is 2. The Bertz CT molecular complexity index is 796. The van der Waals surface area contributed by atoms with Crippen molar-refractivity contribution in [3.05, 3.63) is 48.0 Å². The average molecular weight is 383 g/mol. The van der Waals surface area contributed by atoms with Crippen molar-refractivity contribution in [1.82, 2.24) is 0 Å². The fourth-order valence-electron chi connectivity index (χ4n) is 3.84. The first-order valence-corrected chi connectivity index (χ1v) is 9.91. The molecule has 150 valence electrons. The van der Waals surface area contributed by atoms with Crippen LogP contribution in [0.4, 0.5) is 11.4 Å². The number of methoxy groups -OCH3 is 2. The number of hydrogen-bond acceptors (Lipinski definition) is 4. The number of nitrogens with one attached hydrogen (secondary N) is 1. The van der Waals surface area contributed by atoms with Crippen LogP contribution in [0.25, 0.3) is 0 Å². The molecule has 1 saturated heterocycles. The highest BCUT2D eigenvalue weighted by atomic mass is 16.5. The summed E-state index contributed by atoms with van der Waals surface area (Å²) in [6.45, 7) is 6.33. The first kappa shape index (κ1) is 20.1. The molecule has 0 radical (unpaired) electrons. The van der Waals surface area contributed by atoms with Gasteiger partial charge in [-0.2, -0.15) is 0 Å². The van der Waals surface area contributed by atoms with E-state index in [4.69, 9.17) is 9.47 Å². The minimum atomic E-state index is -0.280. The molecular formula is C23H30N2O3. The second-order valence-corrected chi connectivity index (χ2v) is 7.57. The Hall–Kier alpha value is -2.69. The highest BCUT2D eigenvalue weighted by Gasteiger charge is 2.25. The van der Waals surface area contributed by atoms with E-state index in [0.29, 0.717) is 11.5 Å². The highest BCUT2D eigenvalue weighted by molar-refractivity contribution is 5.96. The molecule has 1 fully saturated rings. The molecule has 0 aromatic heterocycles. The third kappa shape index (κ3) is 4.41. The maximum atomic E-state index is 13.1. The molecule has 0 bridgehead atoms. The Balaban J connectivity index is 1.76. The minimum Gasteiger partial charge on any atom is -0.493 e. The van der Waals surface area contributed by atoms with E-state index in [0.717, 1.165) is 24.3 Å². The van der Waals surface area contributed by atoms with Crippen LogP contribution in [-0.2, 0) is 4.79 Å². The van der Waals surface area contributed by atoms with Gasteiger partial charge in [-0.25, -0.2) is 0 Å². The zero-order chi connectivity index (χ0) is 20.1. The number of rotatable bonds is 7. The van der Waals surface area contributed by atoms with Crippen LogP contribution < -0.4 is 19.7 Å². The van der Waals surface area contributed by atoms with Gasteiger partial charge in [-0.1, -0.05) is 19.9 Å². The van der Waals surface area contributed by atoms with Gasteiger partial charge in [-0.15, -0.1) is 0 Å². The summed E-state index contributed by atoms with van der Waals surface area (Å²) in [7, 11) is 3.21. The topological polar surface area (TPSA) is 50.8 Å². The summed E-state index contributed by atoms with van der Waals surface area (Å²) >= 11 is 0. The lowest BCUT2D eigenvalue weighted by Crippen LogP contribution is -2.25. The van der Waals surface area contributed by atoms with Gasteiger partial charge in [0.05, 0.1) is 20.1 Å².